The number of aryl methyl sites for hydroxylation is 1. The van der Waals surface area contributed by atoms with E-state index in [-0.39, 0.29) is 18.4 Å². The molecule has 1 aromatic heterocycles. The van der Waals surface area contributed by atoms with E-state index in [2.05, 4.69) is 14.9 Å². The van der Waals surface area contributed by atoms with Gasteiger partial charge in [-0.1, -0.05) is 60.2 Å². The molecule has 2 aliphatic rings. The van der Waals surface area contributed by atoms with Gasteiger partial charge in [0.2, 0.25) is 5.95 Å². The van der Waals surface area contributed by atoms with Crippen LogP contribution in [0.25, 0.3) is 5.57 Å². The van der Waals surface area contributed by atoms with Crippen LogP contribution >= 0.6 is 0 Å². The predicted molar refractivity (Wildman–Crippen MR) is 126 cm³/mol. The number of carbonyl (C=O) groups is 2. The van der Waals surface area contributed by atoms with Crippen LogP contribution in [0.4, 0.5) is 5.95 Å². The summed E-state index contributed by atoms with van der Waals surface area (Å²) in [6, 6.07) is 19.2. The number of hydrogen-bond acceptors (Lipinski definition) is 6. The Hall–Kier alpha value is -4.00. The molecule has 33 heavy (non-hydrogen) atoms. The van der Waals surface area contributed by atoms with Crippen molar-refractivity contribution in [3.8, 4) is 0 Å². The van der Waals surface area contributed by atoms with Crippen molar-refractivity contribution in [2.75, 3.05) is 31.1 Å². The average molecular weight is 440 g/mol. The average Bonchev–Trinajstić information content (AvgIpc) is 3.11. The van der Waals surface area contributed by atoms with Crippen molar-refractivity contribution in [2.24, 2.45) is 0 Å². The van der Waals surface area contributed by atoms with Crippen LogP contribution < -0.4 is 4.90 Å². The van der Waals surface area contributed by atoms with E-state index in [1.54, 1.807) is 18.5 Å². The Morgan fingerprint density at radius 3 is 2.06 bits per heavy atom. The zero-order chi connectivity index (χ0) is 22.8. The molecule has 2 aliphatic heterocycles. The summed E-state index contributed by atoms with van der Waals surface area (Å²) in [6.07, 6.45) is 3.46. The highest BCUT2D eigenvalue weighted by molar-refractivity contribution is 6.35. The molecule has 5 rings (SSSR count). The summed E-state index contributed by atoms with van der Waals surface area (Å²) in [7, 11) is 0. The summed E-state index contributed by atoms with van der Waals surface area (Å²) in [6.45, 7) is 4.84. The standard InChI is InChI=1S/C26H25N5O2/c1-19-8-10-21(11-9-19)22-23(25(33)31(24(22)32)18-20-6-3-2-4-7-20)29-14-16-30(17-15-29)26-27-12-5-13-28-26/h2-13H,14-18H2,1H3. The molecule has 0 bridgehead atoms. The first-order valence-corrected chi connectivity index (χ1v) is 11.1. The Labute approximate surface area is 193 Å². The second-order valence-electron chi connectivity index (χ2n) is 8.29. The normalized spacial score (nSPS) is 16.7. The Morgan fingerprint density at radius 1 is 0.758 bits per heavy atom. The molecule has 7 heteroatoms. The lowest BCUT2D eigenvalue weighted by Gasteiger charge is -2.36. The first-order valence-electron chi connectivity index (χ1n) is 11.1. The Bertz CT molecular complexity index is 1180. The van der Waals surface area contributed by atoms with Gasteiger partial charge in [0.1, 0.15) is 5.70 Å². The maximum atomic E-state index is 13.6. The third-order valence-corrected chi connectivity index (χ3v) is 6.10. The lowest BCUT2D eigenvalue weighted by molar-refractivity contribution is -0.138. The van der Waals surface area contributed by atoms with E-state index in [0.717, 1.165) is 16.7 Å². The van der Waals surface area contributed by atoms with Crippen LogP contribution in [0, 0.1) is 6.92 Å². The first kappa shape index (κ1) is 20.9. The van der Waals surface area contributed by atoms with Gasteiger partial charge in [0.15, 0.2) is 0 Å². The third kappa shape index (κ3) is 4.09. The second kappa shape index (κ2) is 8.86. The molecular weight excluding hydrogens is 414 g/mol. The zero-order valence-corrected chi connectivity index (χ0v) is 18.5. The molecule has 3 heterocycles. The summed E-state index contributed by atoms with van der Waals surface area (Å²) in [5, 5.41) is 0. The largest absolute Gasteiger partial charge is 0.363 e. The van der Waals surface area contributed by atoms with Crippen LogP contribution in [0.2, 0.25) is 0 Å². The lowest BCUT2D eigenvalue weighted by Crippen LogP contribution is -2.48. The molecule has 1 fully saturated rings. The van der Waals surface area contributed by atoms with Crippen molar-refractivity contribution in [2.45, 2.75) is 13.5 Å². The molecule has 166 valence electrons. The monoisotopic (exact) mass is 439 g/mol. The summed E-state index contributed by atoms with van der Waals surface area (Å²) < 4.78 is 0. The summed E-state index contributed by atoms with van der Waals surface area (Å²) in [5.41, 5.74) is 3.79. The second-order valence-corrected chi connectivity index (χ2v) is 8.29. The van der Waals surface area contributed by atoms with E-state index in [4.69, 9.17) is 0 Å². The van der Waals surface area contributed by atoms with Gasteiger partial charge in [-0.05, 0) is 24.1 Å². The molecule has 0 unspecified atom stereocenters. The molecule has 1 saturated heterocycles. The number of carbonyl (C=O) groups excluding carboxylic acids is 2. The molecule has 0 atom stereocenters. The highest BCUT2D eigenvalue weighted by atomic mass is 16.2. The number of piperazine rings is 1. The third-order valence-electron chi connectivity index (χ3n) is 6.10. The molecular formula is C26H25N5O2. The number of anilines is 1. The summed E-state index contributed by atoms with van der Waals surface area (Å²) in [4.78, 5) is 41.3. The van der Waals surface area contributed by atoms with Crippen LogP contribution in [-0.2, 0) is 16.1 Å². The quantitative estimate of drug-likeness (QED) is 0.570. The van der Waals surface area contributed by atoms with Crippen LogP contribution in [0.15, 0.2) is 78.8 Å². The van der Waals surface area contributed by atoms with E-state index in [1.165, 1.54) is 4.90 Å². The highest BCUT2D eigenvalue weighted by Crippen LogP contribution is 2.33. The van der Waals surface area contributed by atoms with Crippen molar-refractivity contribution < 1.29 is 9.59 Å². The molecule has 0 aliphatic carbocycles. The molecule has 7 nitrogen and oxygen atoms in total. The fourth-order valence-electron chi connectivity index (χ4n) is 4.33. The Balaban J connectivity index is 1.45. The van der Waals surface area contributed by atoms with E-state index in [9.17, 15) is 9.59 Å². The molecule has 0 saturated carbocycles. The van der Waals surface area contributed by atoms with Crippen molar-refractivity contribution in [3.63, 3.8) is 0 Å². The maximum Gasteiger partial charge on any atom is 0.278 e. The van der Waals surface area contributed by atoms with Crippen LogP contribution in [-0.4, -0.2) is 57.8 Å². The van der Waals surface area contributed by atoms with Gasteiger partial charge < -0.3 is 9.80 Å². The molecule has 0 spiro atoms. The van der Waals surface area contributed by atoms with Gasteiger partial charge in [0.25, 0.3) is 11.8 Å². The molecule has 0 radical (unpaired) electrons. The van der Waals surface area contributed by atoms with Crippen LogP contribution in [0.1, 0.15) is 16.7 Å². The van der Waals surface area contributed by atoms with E-state index >= 15 is 0 Å². The number of rotatable bonds is 5. The minimum atomic E-state index is -0.239. The number of hydrogen-bond donors (Lipinski definition) is 0. The topological polar surface area (TPSA) is 69.6 Å². The number of aromatic nitrogens is 2. The van der Waals surface area contributed by atoms with E-state index in [0.29, 0.717) is 43.4 Å². The molecule has 2 amide bonds. The van der Waals surface area contributed by atoms with Crippen molar-refractivity contribution in [1.82, 2.24) is 19.8 Å². The fourth-order valence-corrected chi connectivity index (χ4v) is 4.33. The highest BCUT2D eigenvalue weighted by Gasteiger charge is 2.42. The van der Waals surface area contributed by atoms with Gasteiger partial charge in [-0.3, -0.25) is 14.5 Å². The van der Waals surface area contributed by atoms with Crippen molar-refractivity contribution >= 4 is 23.3 Å². The predicted octanol–water partition coefficient (Wildman–Crippen LogP) is 2.89. The lowest BCUT2D eigenvalue weighted by atomic mass is 10.0. The van der Waals surface area contributed by atoms with E-state index < -0.39 is 0 Å². The fraction of sp³-hybridized carbons (Fsp3) is 0.231. The number of imide groups is 1. The van der Waals surface area contributed by atoms with Gasteiger partial charge in [-0.25, -0.2) is 9.97 Å². The van der Waals surface area contributed by atoms with E-state index in [1.807, 2.05) is 66.4 Å². The smallest absolute Gasteiger partial charge is 0.278 e. The number of nitrogens with zero attached hydrogens (tertiary/aromatic N) is 5. The Morgan fingerprint density at radius 2 is 1.39 bits per heavy atom. The van der Waals surface area contributed by atoms with Gasteiger partial charge in [-0.15, -0.1) is 0 Å². The molecule has 3 aromatic rings. The number of benzene rings is 2. The van der Waals surface area contributed by atoms with Gasteiger partial charge in [-0.2, -0.15) is 0 Å². The minimum absolute atomic E-state index is 0.233. The zero-order valence-electron chi connectivity index (χ0n) is 18.5. The van der Waals surface area contributed by atoms with Crippen molar-refractivity contribution in [1.29, 1.82) is 0 Å². The van der Waals surface area contributed by atoms with Crippen molar-refractivity contribution in [3.05, 3.63) is 95.4 Å². The summed E-state index contributed by atoms with van der Waals surface area (Å²) >= 11 is 0. The maximum absolute atomic E-state index is 13.6. The van der Waals surface area contributed by atoms with Gasteiger partial charge in [0, 0.05) is 38.6 Å². The molecule has 0 N–H and O–H groups in total. The minimum Gasteiger partial charge on any atom is -0.363 e. The SMILES string of the molecule is Cc1ccc(C2=C(N3CCN(c4ncccn4)CC3)C(=O)N(Cc3ccccc3)C2=O)cc1. The first-order chi connectivity index (χ1) is 16.1. The number of amides is 2. The van der Waals surface area contributed by atoms with Gasteiger partial charge in [0.05, 0.1) is 12.1 Å². The van der Waals surface area contributed by atoms with Crippen LogP contribution in [0.5, 0.6) is 0 Å². The molecule has 2 aromatic carbocycles. The summed E-state index contributed by atoms with van der Waals surface area (Å²) in [5.74, 6) is 0.213. The van der Waals surface area contributed by atoms with Crippen LogP contribution in [0.3, 0.4) is 0 Å². The Kier molecular flexibility index (Phi) is 5.60. The van der Waals surface area contributed by atoms with Gasteiger partial charge >= 0.3 is 0 Å².